The third kappa shape index (κ3) is 1.83. The van der Waals surface area contributed by atoms with Crippen LogP contribution in [0.4, 0.5) is 0 Å². The molecule has 14 heavy (non-hydrogen) atoms. The smallest absolute Gasteiger partial charge is 0.0795 e. The summed E-state index contributed by atoms with van der Waals surface area (Å²) in [5.74, 6) is 0.708. The van der Waals surface area contributed by atoms with Gasteiger partial charge in [0.1, 0.15) is 0 Å². The molecule has 0 fully saturated rings. The number of hydrogen-bond acceptors (Lipinski definition) is 1. The number of benzene rings is 1. The summed E-state index contributed by atoms with van der Waals surface area (Å²) in [6.07, 6.45) is 2.88. The molecule has 0 radical (unpaired) electrons. The number of aliphatic hydroxyl groups excluding tert-OH is 1. The lowest BCUT2D eigenvalue weighted by molar-refractivity contribution is 0.180. The Kier molecular flexibility index (Phi) is 2.60. The van der Waals surface area contributed by atoms with Crippen LogP contribution in [0, 0.1) is 5.92 Å². The Balaban J connectivity index is 2.24. The largest absolute Gasteiger partial charge is 0.388 e. The van der Waals surface area contributed by atoms with E-state index in [2.05, 4.69) is 32.0 Å². The molecule has 1 atom stereocenters. The van der Waals surface area contributed by atoms with E-state index >= 15 is 0 Å². The molecule has 2 rings (SSSR count). The number of fused-ring (bicyclic) bond motifs is 1. The van der Waals surface area contributed by atoms with E-state index in [0.29, 0.717) is 5.92 Å². The molecular weight excluding hydrogens is 172 g/mol. The van der Waals surface area contributed by atoms with Gasteiger partial charge < -0.3 is 5.11 Å². The van der Waals surface area contributed by atoms with Crippen molar-refractivity contribution < 1.29 is 5.11 Å². The summed E-state index contributed by atoms with van der Waals surface area (Å²) in [5.41, 5.74) is 3.92. The van der Waals surface area contributed by atoms with Gasteiger partial charge in [0.15, 0.2) is 0 Å². The highest BCUT2D eigenvalue weighted by Gasteiger charge is 2.19. The molecule has 1 N–H and O–H groups in total. The van der Waals surface area contributed by atoms with Gasteiger partial charge in [-0.15, -0.1) is 0 Å². The molecule has 0 saturated heterocycles. The fraction of sp³-hybridized carbons (Fsp3) is 0.538. The fourth-order valence-corrected chi connectivity index (χ4v) is 2.25. The van der Waals surface area contributed by atoms with Crippen LogP contribution in [0.2, 0.25) is 0 Å². The Bertz CT molecular complexity index is 328. The van der Waals surface area contributed by atoms with Crippen LogP contribution in [-0.2, 0) is 12.8 Å². The van der Waals surface area contributed by atoms with Gasteiger partial charge in [-0.05, 0) is 41.9 Å². The third-order valence-corrected chi connectivity index (χ3v) is 2.90. The van der Waals surface area contributed by atoms with Crippen molar-refractivity contribution in [2.75, 3.05) is 0 Å². The molecule has 1 heteroatoms. The summed E-state index contributed by atoms with van der Waals surface area (Å²) in [5, 5.41) is 9.65. The van der Waals surface area contributed by atoms with E-state index in [1.165, 1.54) is 11.1 Å². The molecule has 1 aromatic carbocycles. The topological polar surface area (TPSA) is 20.2 Å². The van der Waals surface area contributed by atoms with Gasteiger partial charge in [-0.25, -0.2) is 0 Å². The minimum absolute atomic E-state index is 0.210. The average Bonchev–Trinajstić information content (AvgIpc) is 2.46. The van der Waals surface area contributed by atoms with E-state index in [4.69, 9.17) is 0 Å². The summed E-state index contributed by atoms with van der Waals surface area (Å²) in [6, 6.07) is 6.53. The maximum absolute atomic E-state index is 9.65. The summed E-state index contributed by atoms with van der Waals surface area (Å²) < 4.78 is 0. The molecule has 0 amide bonds. The van der Waals surface area contributed by atoms with Crippen LogP contribution in [0.1, 0.15) is 43.1 Å². The van der Waals surface area contributed by atoms with Crippen molar-refractivity contribution in [3.05, 3.63) is 34.9 Å². The first kappa shape index (κ1) is 9.72. The highest BCUT2D eigenvalue weighted by Crippen LogP contribution is 2.31. The van der Waals surface area contributed by atoms with Gasteiger partial charge in [0, 0.05) is 0 Å². The van der Waals surface area contributed by atoms with Gasteiger partial charge >= 0.3 is 0 Å². The average molecular weight is 190 g/mol. The first-order chi connectivity index (χ1) is 6.66. The number of hydrogen-bond donors (Lipinski definition) is 1. The maximum Gasteiger partial charge on any atom is 0.0795 e. The molecule has 0 heterocycles. The van der Waals surface area contributed by atoms with Crippen LogP contribution in [0.25, 0.3) is 0 Å². The molecule has 0 spiro atoms. The van der Waals surface area contributed by atoms with Crippen molar-refractivity contribution in [3.63, 3.8) is 0 Å². The highest BCUT2D eigenvalue weighted by molar-refractivity contribution is 5.37. The molecule has 0 unspecified atom stereocenters. The minimum Gasteiger partial charge on any atom is -0.388 e. The number of rotatable bonds is 2. The standard InChI is InChI=1S/C13H18O/c1-9(2)7-10-3-5-12-11(8-10)4-6-13(12)14/h3,5,8-9,13-14H,4,6-7H2,1-2H3/t13-/m0/s1. The summed E-state index contributed by atoms with van der Waals surface area (Å²) in [7, 11) is 0. The van der Waals surface area contributed by atoms with E-state index in [0.717, 1.165) is 24.8 Å². The first-order valence-electron chi connectivity index (χ1n) is 5.46. The van der Waals surface area contributed by atoms with E-state index in [-0.39, 0.29) is 6.10 Å². The summed E-state index contributed by atoms with van der Waals surface area (Å²) in [4.78, 5) is 0. The molecule has 1 nitrogen and oxygen atoms in total. The summed E-state index contributed by atoms with van der Waals surface area (Å²) in [6.45, 7) is 4.48. The van der Waals surface area contributed by atoms with E-state index < -0.39 is 0 Å². The zero-order valence-corrected chi connectivity index (χ0v) is 8.96. The normalized spacial score (nSPS) is 20.1. The predicted octanol–water partition coefficient (Wildman–Crippen LogP) is 2.86. The molecule has 0 bridgehead atoms. The lowest BCUT2D eigenvalue weighted by Crippen LogP contribution is -1.96. The van der Waals surface area contributed by atoms with Crippen molar-refractivity contribution in [1.29, 1.82) is 0 Å². The summed E-state index contributed by atoms with van der Waals surface area (Å²) >= 11 is 0. The highest BCUT2D eigenvalue weighted by atomic mass is 16.3. The number of aryl methyl sites for hydroxylation is 1. The molecular formula is C13H18O. The minimum atomic E-state index is -0.210. The van der Waals surface area contributed by atoms with Gasteiger partial charge in [0.2, 0.25) is 0 Å². The van der Waals surface area contributed by atoms with Gasteiger partial charge in [-0.2, -0.15) is 0 Å². The zero-order valence-electron chi connectivity index (χ0n) is 8.96. The molecule has 76 valence electrons. The maximum atomic E-state index is 9.65. The zero-order chi connectivity index (χ0) is 10.1. The second kappa shape index (κ2) is 3.74. The van der Waals surface area contributed by atoms with Crippen LogP contribution in [0.15, 0.2) is 18.2 Å². The molecule has 1 aromatic rings. The van der Waals surface area contributed by atoms with E-state index in [1.54, 1.807) is 0 Å². The van der Waals surface area contributed by atoms with Crippen LogP contribution in [0.5, 0.6) is 0 Å². The van der Waals surface area contributed by atoms with Crippen molar-refractivity contribution in [2.45, 2.75) is 39.2 Å². The number of aliphatic hydroxyl groups is 1. The SMILES string of the molecule is CC(C)Cc1ccc2c(c1)CC[C@@H]2O. The molecule has 0 saturated carbocycles. The second-order valence-corrected chi connectivity index (χ2v) is 4.69. The van der Waals surface area contributed by atoms with Crippen molar-refractivity contribution in [2.24, 2.45) is 5.92 Å². The van der Waals surface area contributed by atoms with Gasteiger partial charge in [0.25, 0.3) is 0 Å². The van der Waals surface area contributed by atoms with Crippen LogP contribution >= 0.6 is 0 Å². The lowest BCUT2D eigenvalue weighted by atomic mass is 9.99. The monoisotopic (exact) mass is 190 g/mol. The second-order valence-electron chi connectivity index (χ2n) is 4.69. The molecule has 0 aliphatic heterocycles. The van der Waals surface area contributed by atoms with Crippen LogP contribution in [0.3, 0.4) is 0 Å². The molecule has 0 aromatic heterocycles. The Morgan fingerprint density at radius 2 is 2.21 bits per heavy atom. The van der Waals surface area contributed by atoms with Crippen LogP contribution < -0.4 is 0 Å². The van der Waals surface area contributed by atoms with Crippen molar-refractivity contribution >= 4 is 0 Å². The fourth-order valence-electron chi connectivity index (χ4n) is 2.25. The molecule has 1 aliphatic carbocycles. The van der Waals surface area contributed by atoms with Gasteiger partial charge in [-0.3, -0.25) is 0 Å². The Hall–Kier alpha value is -0.820. The van der Waals surface area contributed by atoms with E-state index in [9.17, 15) is 5.11 Å². The van der Waals surface area contributed by atoms with E-state index in [1.807, 2.05) is 0 Å². The van der Waals surface area contributed by atoms with Gasteiger partial charge in [-0.1, -0.05) is 32.0 Å². The lowest BCUT2D eigenvalue weighted by Gasteiger charge is -2.08. The third-order valence-electron chi connectivity index (χ3n) is 2.90. The van der Waals surface area contributed by atoms with Crippen molar-refractivity contribution in [1.82, 2.24) is 0 Å². The first-order valence-corrected chi connectivity index (χ1v) is 5.46. The van der Waals surface area contributed by atoms with Crippen molar-refractivity contribution in [3.8, 4) is 0 Å². The predicted molar refractivity (Wildman–Crippen MR) is 58.3 cm³/mol. The van der Waals surface area contributed by atoms with Crippen LogP contribution in [-0.4, -0.2) is 5.11 Å². The quantitative estimate of drug-likeness (QED) is 0.760. The molecule has 1 aliphatic rings. The Labute approximate surface area is 85.8 Å². The Morgan fingerprint density at radius 1 is 1.43 bits per heavy atom. The van der Waals surface area contributed by atoms with Gasteiger partial charge in [0.05, 0.1) is 6.10 Å². The Morgan fingerprint density at radius 3 is 2.93 bits per heavy atom.